The first-order valence-electron chi connectivity index (χ1n) is 12.7. The summed E-state index contributed by atoms with van der Waals surface area (Å²) in [6, 6.07) is 23.2. The minimum atomic E-state index is -3.28. The Morgan fingerprint density at radius 3 is 2.26 bits per heavy atom. The number of nitrogens with zero attached hydrogens (tertiary/aromatic N) is 3. The number of piperidine rings is 1. The number of benzene rings is 2. The molecule has 10 heteroatoms. The fourth-order valence-corrected chi connectivity index (χ4v) is 5.19. The van der Waals surface area contributed by atoms with Gasteiger partial charge in [-0.1, -0.05) is 36.4 Å². The molecule has 2 N–H and O–H groups in total. The molecule has 0 atom stereocenters. The lowest BCUT2D eigenvalue weighted by Crippen LogP contribution is -2.45. The Labute approximate surface area is 227 Å². The molecule has 0 saturated carbocycles. The molecule has 1 aliphatic heterocycles. The first-order valence-corrected chi connectivity index (χ1v) is 14.6. The summed E-state index contributed by atoms with van der Waals surface area (Å²) >= 11 is 0. The number of carbonyl (C=O) groups is 2. The van der Waals surface area contributed by atoms with Gasteiger partial charge in [0.15, 0.2) is 9.84 Å². The van der Waals surface area contributed by atoms with Crippen LogP contribution in [-0.2, 0) is 16.4 Å². The number of amides is 2. The van der Waals surface area contributed by atoms with Gasteiger partial charge in [-0.25, -0.2) is 18.4 Å². The predicted octanol–water partition coefficient (Wildman–Crippen LogP) is 3.36. The normalized spacial score (nSPS) is 14.2. The van der Waals surface area contributed by atoms with E-state index in [4.69, 9.17) is 4.98 Å². The highest BCUT2D eigenvalue weighted by Gasteiger charge is 2.23. The van der Waals surface area contributed by atoms with Crippen LogP contribution < -0.4 is 15.5 Å². The van der Waals surface area contributed by atoms with Gasteiger partial charge in [0, 0.05) is 37.3 Å². The second-order valence-electron chi connectivity index (χ2n) is 9.60. The predicted molar refractivity (Wildman–Crippen MR) is 149 cm³/mol. The standard InChI is InChI=1S/C29H29N5O4S/c1-39(37,38)23-12-9-20(10-13-23)19-30-28(35)25-7-4-8-26(32-25)29(36)31-22-15-17-34(18-16-22)27-14-11-21-5-2-3-6-24(21)33-27/h2-14,22H,15-19H2,1H3,(H,30,35)(H,31,36). The monoisotopic (exact) mass is 543 g/mol. The van der Waals surface area contributed by atoms with Crippen LogP contribution in [0.2, 0.25) is 0 Å². The molecule has 2 aromatic carbocycles. The number of nitrogens with one attached hydrogen (secondary N) is 2. The van der Waals surface area contributed by atoms with Crippen LogP contribution in [0, 0.1) is 0 Å². The number of anilines is 1. The van der Waals surface area contributed by atoms with Crippen LogP contribution in [0.4, 0.5) is 5.82 Å². The number of rotatable bonds is 7. The zero-order valence-corrected chi connectivity index (χ0v) is 22.3. The largest absolute Gasteiger partial charge is 0.356 e. The average Bonchev–Trinajstić information content (AvgIpc) is 2.96. The van der Waals surface area contributed by atoms with Gasteiger partial charge in [0.2, 0.25) is 0 Å². The Bertz CT molecular complexity index is 1610. The molecular formula is C29H29N5O4S. The molecule has 2 aromatic heterocycles. The van der Waals surface area contributed by atoms with E-state index in [0.29, 0.717) is 0 Å². The molecule has 200 valence electrons. The number of sulfone groups is 1. The smallest absolute Gasteiger partial charge is 0.270 e. The van der Waals surface area contributed by atoms with Crippen molar-refractivity contribution in [3.8, 4) is 0 Å². The van der Waals surface area contributed by atoms with Crippen molar-refractivity contribution >= 4 is 38.4 Å². The van der Waals surface area contributed by atoms with Crippen LogP contribution in [-0.4, -0.2) is 55.6 Å². The van der Waals surface area contributed by atoms with E-state index < -0.39 is 15.7 Å². The molecular weight excluding hydrogens is 514 g/mol. The average molecular weight is 544 g/mol. The number of para-hydroxylation sites is 1. The molecule has 9 nitrogen and oxygen atoms in total. The van der Waals surface area contributed by atoms with Gasteiger partial charge in [-0.05, 0) is 60.9 Å². The van der Waals surface area contributed by atoms with Crippen LogP contribution in [0.3, 0.4) is 0 Å². The summed E-state index contributed by atoms with van der Waals surface area (Å²) in [6.45, 7) is 1.75. The fourth-order valence-electron chi connectivity index (χ4n) is 4.56. The number of aromatic nitrogens is 2. The van der Waals surface area contributed by atoms with E-state index in [1.165, 1.54) is 12.1 Å². The number of carbonyl (C=O) groups excluding carboxylic acids is 2. The highest BCUT2D eigenvalue weighted by atomic mass is 32.2. The van der Waals surface area contributed by atoms with Gasteiger partial charge in [-0.3, -0.25) is 9.59 Å². The molecule has 4 aromatic rings. The third kappa shape index (κ3) is 6.40. The summed E-state index contributed by atoms with van der Waals surface area (Å²) in [7, 11) is -3.28. The lowest BCUT2D eigenvalue weighted by Gasteiger charge is -2.33. The highest BCUT2D eigenvalue weighted by Crippen LogP contribution is 2.21. The van der Waals surface area contributed by atoms with E-state index in [9.17, 15) is 18.0 Å². The SMILES string of the molecule is CS(=O)(=O)c1ccc(CNC(=O)c2cccc(C(=O)NC3CCN(c4ccc5ccccc5n4)CC3)n2)cc1. The van der Waals surface area contributed by atoms with Gasteiger partial charge in [0.25, 0.3) is 11.8 Å². The second kappa shape index (κ2) is 11.2. The number of hydrogen-bond acceptors (Lipinski definition) is 7. The van der Waals surface area contributed by atoms with Crippen LogP contribution in [0.15, 0.2) is 83.8 Å². The Hall–Kier alpha value is -4.31. The highest BCUT2D eigenvalue weighted by molar-refractivity contribution is 7.90. The van der Waals surface area contributed by atoms with Gasteiger partial charge in [0.1, 0.15) is 17.2 Å². The molecule has 0 radical (unpaired) electrons. The first kappa shape index (κ1) is 26.3. The summed E-state index contributed by atoms with van der Waals surface area (Å²) in [5, 5.41) is 6.91. The molecule has 39 heavy (non-hydrogen) atoms. The van der Waals surface area contributed by atoms with E-state index >= 15 is 0 Å². The van der Waals surface area contributed by atoms with Gasteiger partial charge >= 0.3 is 0 Å². The molecule has 1 fully saturated rings. The van der Waals surface area contributed by atoms with Gasteiger partial charge < -0.3 is 15.5 Å². The zero-order chi connectivity index (χ0) is 27.4. The fraction of sp³-hybridized carbons (Fsp3) is 0.241. The third-order valence-electron chi connectivity index (χ3n) is 6.76. The second-order valence-corrected chi connectivity index (χ2v) is 11.6. The maximum atomic E-state index is 12.9. The lowest BCUT2D eigenvalue weighted by atomic mass is 10.0. The number of hydrogen-bond donors (Lipinski definition) is 2. The lowest BCUT2D eigenvalue weighted by molar-refractivity contribution is 0.0925. The molecule has 2 amide bonds. The number of fused-ring (bicyclic) bond motifs is 1. The van der Waals surface area contributed by atoms with Crippen LogP contribution in [0.25, 0.3) is 10.9 Å². The minimum absolute atomic E-state index is 0.00314. The molecule has 3 heterocycles. The Balaban J connectivity index is 1.14. The van der Waals surface area contributed by atoms with Gasteiger partial charge in [-0.2, -0.15) is 0 Å². The molecule has 1 aliphatic rings. The van der Waals surface area contributed by atoms with Gasteiger partial charge in [0.05, 0.1) is 10.4 Å². The van der Waals surface area contributed by atoms with Crippen molar-refractivity contribution in [2.45, 2.75) is 30.3 Å². The van der Waals surface area contributed by atoms with E-state index in [2.05, 4.69) is 26.6 Å². The van der Waals surface area contributed by atoms with Crippen molar-refractivity contribution in [3.05, 3.63) is 95.8 Å². The zero-order valence-electron chi connectivity index (χ0n) is 21.5. The summed E-state index contributed by atoms with van der Waals surface area (Å²) in [5.74, 6) is 0.196. The maximum Gasteiger partial charge on any atom is 0.270 e. The van der Waals surface area contributed by atoms with Crippen molar-refractivity contribution in [2.75, 3.05) is 24.2 Å². The molecule has 0 spiro atoms. The first-order chi connectivity index (χ1) is 18.8. The summed E-state index contributed by atoms with van der Waals surface area (Å²) in [6.07, 6.45) is 2.70. The Morgan fingerprint density at radius 1 is 0.846 bits per heavy atom. The van der Waals surface area contributed by atoms with Crippen LogP contribution in [0.5, 0.6) is 0 Å². The van der Waals surface area contributed by atoms with E-state index in [1.54, 1.807) is 30.3 Å². The molecule has 0 bridgehead atoms. The third-order valence-corrected chi connectivity index (χ3v) is 7.89. The maximum absolute atomic E-state index is 12.9. The van der Waals surface area contributed by atoms with Crippen molar-refractivity contribution in [1.82, 2.24) is 20.6 Å². The van der Waals surface area contributed by atoms with Crippen LogP contribution in [0.1, 0.15) is 39.4 Å². The van der Waals surface area contributed by atoms with Crippen molar-refractivity contribution in [1.29, 1.82) is 0 Å². The summed E-state index contributed by atoms with van der Waals surface area (Å²) < 4.78 is 23.2. The Kier molecular flexibility index (Phi) is 7.56. The van der Waals surface area contributed by atoms with E-state index in [0.717, 1.165) is 54.5 Å². The Morgan fingerprint density at radius 2 is 1.54 bits per heavy atom. The number of pyridine rings is 2. The van der Waals surface area contributed by atoms with Crippen molar-refractivity contribution < 1.29 is 18.0 Å². The molecule has 0 aliphatic carbocycles. The molecule has 1 saturated heterocycles. The summed E-state index contributed by atoms with van der Waals surface area (Å²) in [4.78, 5) is 37.0. The van der Waals surface area contributed by atoms with Crippen molar-refractivity contribution in [2.24, 2.45) is 0 Å². The van der Waals surface area contributed by atoms with Crippen LogP contribution >= 0.6 is 0 Å². The molecule has 5 rings (SSSR count). The minimum Gasteiger partial charge on any atom is -0.356 e. The van der Waals surface area contributed by atoms with Gasteiger partial charge in [-0.15, -0.1) is 0 Å². The quantitative estimate of drug-likeness (QED) is 0.367. The van der Waals surface area contributed by atoms with Crippen molar-refractivity contribution in [3.63, 3.8) is 0 Å². The van der Waals surface area contributed by atoms with E-state index in [-0.39, 0.29) is 34.8 Å². The topological polar surface area (TPSA) is 121 Å². The molecule has 0 unspecified atom stereocenters. The van der Waals surface area contributed by atoms with E-state index in [1.807, 2.05) is 30.3 Å². The summed E-state index contributed by atoms with van der Waals surface area (Å²) in [5.41, 5.74) is 2.02.